The molecule has 0 bridgehead atoms. The Kier molecular flexibility index (Phi) is 4.88. The molecule has 0 radical (unpaired) electrons. The van der Waals surface area contributed by atoms with Crippen LogP contribution in [-0.4, -0.2) is 25.3 Å². The van der Waals surface area contributed by atoms with E-state index in [-0.39, 0.29) is 11.8 Å². The highest BCUT2D eigenvalue weighted by Crippen LogP contribution is 2.16. The highest BCUT2D eigenvalue weighted by molar-refractivity contribution is 7.88. The maximum atomic E-state index is 12.3. The topological polar surface area (TPSA) is 61.2 Å². The van der Waals surface area contributed by atoms with Gasteiger partial charge in [0.2, 0.25) is 10.0 Å². The van der Waals surface area contributed by atoms with Crippen LogP contribution in [0.5, 0.6) is 0 Å². The van der Waals surface area contributed by atoms with Crippen LogP contribution in [-0.2, 0) is 15.8 Å². The summed E-state index contributed by atoms with van der Waals surface area (Å²) in [4.78, 5) is 0. The molecule has 0 saturated heterocycles. The van der Waals surface area contributed by atoms with E-state index in [1.165, 1.54) is 4.31 Å². The molecule has 0 aliphatic carbocycles. The first kappa shape index (κ1) is 14.7. The first-order chi connectivity index (χ1) is 8.42. The van der Waals surface area contributed by atoms with Gasteiger partial charge in [-0.2, -0.15) is 9.57 Å². The van der Waals surface area contributed by atoms with Crippen molar-refractivity contribution in [2.45, 2.75) is 32.6 Å². The zero-order chi connectivity index (χ0) is 13.8. The van der Waals surface area contributed by atoms with Gasteiger partial charge in [0.1, 0.15) is 0 Å². The predicted octanol–water partition coefficient (Wildman–Crippen LogP) is 2.12. The molecule has 5 heteroatoms. The van der Waals surface area contributed by atoms with Crippen LogP contribution in [0.3, 0.4) is 0 Å². The Bertz CT molecular complexity index is 544. The predicted molar refractivity (Wildman–Crippen MR) is 71.3 cm³/mol. The van der Waals surface area contributed by atoms with E-state index in [2.05, 4.69) is 0 Å². The molecule has 0 aliphatic rings. The first-order valence-electron chi connectivity index (χ1n) is 5.90. The van der Waals surface area contributed by atoms with Gasteiger partial charge in [0.15, 0.2) is 0 Å². The summed E-state index contributed by atoms with van der Waals surface area (Å²) in [6.45, 7) is 5.94. The molecule has 0 amide bonds. The third-order valence-corrected chi connectivity index (χ3v) is 4.79. The average molecular weight is 266 g/mol. The van der Waals surface area contributed by atoms with Gasteiger partial charge in [-0.05, 0) is 25.5 Å². The van der Waals surface area contributed by atoms with E-state index in [1.54, 1.807) is 24.3 Å². The molecule has 18 heavy (non-hydrogen) atoms. The number of rotatable bonds is 5. The summed E-state index contributed by atoms with van der Waals surface area (Å²) in [5, 5.41) is 8.96. The number of hydrogen-bond acceptors (Lipinski definition) is 3. The van der Waals surface area contributed by atoms with Crippen molar-refractivity contribution in [3.05, 3.63) is 35.4 Å². The standard InChI is InChI=1S/C13H18N2O2S/c1-4-15(11(2)3)18(16,17)10-13-8-6-5-7-12(13)9-14/h5-8,11H,4,10H2,1-3H3. The van der Waals surface area contributed by atoms with E-state index >= 15 is 0 Å². The Hall–Kier alpha value is -1.38. The Labute approximate surface area is 109 Å². The van der Waals surface area contributed by atoms with Crippen LogP contribution in [0.25, 0.3) is 0 Å². The van der Waals surface area contributed by atoms with Crippen LogP contribution in [0, 0.1) is 11.3 Å². The summed E-state index contributed by atoms with van der Waals surface area (Å²) in [5.41, 5.74) is 0.972. The van der Waals surface area contributed by atoms with Gasteiger partial charge in [0.25, 0.3) is 0 Å². The summed E-state index contributed by atoms with van der Waals surface area (Å²) in [7, 11) is -3.38. The van der Waals surface area contributed by atoms with Crippen molar-refractivity contribution in [3.8, 4) is 6.07 Å². The van der Waals surface area contributed by atoms with E-state index in [0.717, 1.165) is 0 Å². The van der Waals surface area contributed by atoms with Crippen LogP contribution >= 0.6 is 0 Å². The number of nitrogens with zero attached hydrogens (tertiary/aromatic N) is 2. The minimum Gasteiger partial charge on any atom is -0.212 e. The molecule has 1 aromatic carbocycles. The Morgan fingerprint density at radius 2 is 1.94 bits per heavy atom. The second-order valence-corrected chi connectivity index (χ2v) is 6.24. The Balaban J connectivity index is 3.07. The lowest BCUT2D eigenvalue weighted by molar-refractivity contribution is 0.368. The van der Waals surface area contributed by atoms with Crippen molar-refractivity contribution >= 4 is 10.0 Å². The number of hydrogen-bond donors (Lipinski definition) is 0. The highest BCUT2D eigenvalue weighted by atomic mass is 32.2. The molecule has 0 aliphatic heterocycles. The Morgan fingerprint density at radius 3 is 2.44 bits per heavy atom. The van der Waals surface area contributed by atoms with Crippen LogP contribution in [0.1, 0.15) is 31.9 Å². The second kappa shape index (κ2) is 5.98. The molecule has 0 spiro atoms. The maximum absolute atomic E-state index is 12.3. The first-order valence-corrected chi connectivity index (χ1v) is 7.50. The summed E-state index contributed by atoms with van der Waals surface area (Å²) in [6.07, 6.45) is 0. The third kappa shape index (κ3) is 3.31. The van der Waals surface area contributed by atoms with Crippen LogP contribution in [0.4, 0.5) is 0 Å². The largest absolute Gasteiger partial charge is 0.218 e. The Morgan fingerprint density at radius 1 is 1.33 bits per heavy atom. The van der Waals surface area contributed by atoms with Crippen molar-refractivity contribution in [3.63, 3.8) is 0 Å². The lowest BCUT2D eigenvalue weighted by atomic mass is 10.1. The second-order valence-electron chi connectivity index (χ2n) is 4.32. The van der Waals surface area contributed by atoms with E-state index in [9.17, 15) is 8.42 Å². The van der Waals surface area contributed by atoms with Gasteiger partial charge in [-0.25, -0.2) is 8.42 Å². The zero-order valence-electron chi connectivity index (χ0n) is 10.9. The van der Waals surface area contributed by atoms with E-state index in [0.29, 0.717) is 17.7 Å². The van der Waals surface area contributed by atoms with Gasteiger partial charge in [-0.3, -0.25) is 0 Å². The van der Waals surface area contributed by atoms with Gasteiger partial charge in [-0.15, -0.1) is 0 Å². The molecule has 0 saturated carbocycles. The smallest absolute Gasteiger partial charge is 0.212 e. The molecule has 0 N–H and O–H groups in total. The minimum atomic E-state index is -3.38. The molecule has 0 unspecified atom stereocenters. The van der Waals surface area contributed by atoms with E-state index < -0.39 is 10.0 Å². The minimum absolute atomic E-state index is 0.0748. The third-order valence-electron chi connectivity index (χ3n) is 2.72. The molecule has 1 aromatic rings. The van der Waals surface area contributed by atoms with Crippen molar-refractivity contribution in [1.82, 2.24) is 4.31 Å². The molecule has 0 aromatic heterocycles. The van der Waals surface area contributed by atoms with Crippen LogP contribution in [0.2, 0.25) is 0 Å². The van der Waals surface area contributed by atoms with Gasteiger partial charge in [-0.1, -0.05) is 25.1 Å². The zero-order valence-corrected chi connectivity index (χ0v) is 11.7. The lowest BCUT2D eigenvalue weighted by Gasteiger charge is -2.24. The average Bonchev–Trinajstić information content (AvgIpc) is 2.29. The van der Waals surface area contributed by atoms with Gasteiger partial charge >= 0.3 is 0 Å². The van der Waals surface area contributed by atoms with Gasteiger partial charge < -0.3 is 0 Å². The van der Waals surface area contributed by atoms with Crippen LogP contribution in [0.15, 0.2) is 24.3 Å². The molecule has 1 rings (SSSR count). The summed E-state index contributed by atoms with van der Waals surface area (Å²) >= 11 is 0. The quantitative estimate of drug-likeness (QED) is 0.820. The van der Waals surface area contributed by atoms with Gasteiger partial charge in [0.05, 0.1) is 17.4 Å². The SMILES string of the molecule is CCN(C(C)C)S(=O)(=O)Cc1ccccc1C#N. The highest BCUT2D eigenvalue weighted by Gasteiger charge is 2.24. The molecule has 4 nitrogen and oxygen atoms in total. The summed E-state index contributed by atoms with van der Waals surface area (Å²) in [5.74, 6) is -0.122. The monoisotopic (exact) mass is 266 g/mol. The number of sulfonamides is 1. The molecule has 98 valence electrons. The molecule has 0 atom stereocenters. The fraction of sp³-hybridized carbons (Fsp3) is 0.462. The molecule has 0 heterocycles. The molecular formula is C13H18N2O2S. The van der Waals surface area contributed by atoms with Crippen molar-refractivity contribution in [2.24, 2.45) is 0 Å². The summed E-state index contributed by atoms with van der Waals surface area (Å²) < 4.78 is 26.0. The lowest BCUT2D eigenvalue weighted by Crippen LogP contribution is -2.37. The van der Waals surface area contributed by atoms with Crippen molar-refractivity contribution < 1.29 is 8.42 Å². The van der Waals surface area contributed by atoms with E-state index in [1.807, 2.05) is 26.8 Å². The van der Waals surface area contributed by atoms with Crippen molar-refractivity contribution in [1.29, 1.82) is 5.26 Å². The normalized spacial score (nSPS) is 11.8. The molecular weight excluding hydrogens is 248 g/mol. The maximum Gasteiger partial charge on any atom is 0.218 e. The summed E-state index contributed by atoms with van der Waals surface area (Å²) in [6, 6.07) is 8.75. The number of benzene rings is 1. The molecule has 0 fully saturated rings. The van der Waals surface area contributed by atoms with Gasteiger partial charge in [0, 0.05) is 12.6 Å². The van der Waals surface area contributed by atoms with Crippen LogP contribution < -0.4 is 0 Å². The van der Waals surface area contributed by atoms with Crippen molar-refractivity contribution in [2.75, 3.05) is 6.54 Å². The fourth-order valence-corrected chi connectivity index (χ4v) is 3.76. The fourth-order valence-electron chi connectivity index (χ4n) is 1.92. The van der Waals surface area contributed by atoms with E-state index in [4.69, 9.17) is 5.26 Å². The number of nitriles is 1.